The second kappa shape index (κ2) is 7.36. The van der Waals surface area contributed by atoms with Crippen LogP contribution in [0.15, 0.2) is 40.5 Å². The number of tetrazole rings is 1. The molecule has 8 nitrogen and oxygen atoms in total. The number of nitrogens with zero attached hydrogens (tertiary/aromatic N) is 5. The molecule has 0 radical (unpaired) electrons. The number of hydrogen-bond acceptors (Lipinski definition) is 6. The van der Waals surface area contributed by atoms with Crippen LogP contribution in [-0.2, 0) is 11.3 Å². The zero-order valence-electron chi connectivity index (χ0n) is 15.0. The monoisotopic (exact) mass is 384 g/mol. The summed E-state index contributed by atoms with van der Waals surface area (Å²) >= 11 is 1.38. The van der Waals surface area contributed by atoms with Gasteiger partial charge in [0.25, 0.3) is 0 Å². The minimum Gasteiger partial charge on any atom is -0.372 e. The minimum absolute atomic E-state index is 0.183. The van der Waals surface area contributed by atoms with E-state index in [2.05, 4.69) is 26.7 Å². The first kappa shape index (κ1) is 17.5. The summed E-state index contributed by atoms with van der Waals surface area (Å²) in [5.74, 6) is -0.313. The molecule has 140 valence electrons. The van der Waals surface area contributed by atoms with Crippen LogP contribution in [0.3, 0.4) is 0 Å². The maximum Gasteiger partial charge on any atom is 0.369 e. The van der Waals surface area contributed by atoms with E-state index in [1.165, 1.54) is 34.5 Å². The first-order valence-electron chi connectivity index (χ1n) is 8.84. The van der Waals surface area contributed by atoms with Crippen molar-refractivity contribution in [1.82, 2.24) is 19.8 Å². The lowest BCUT2D eigenvalue weighted by atomic mass is 10.1. The van der Waals surface area contributed by atoms with Gasteiger partial charge >= 0.3 is 5.69 Å². The zero-order chi connectivity index (χ0) is 18.8. The highest BCUT2D eigenvalue weighted by Gasteiger charge is 2.15. The van der Waals surface area contributed by atoms with Crippen LogP contribution in [0.2, 0.25) is 0 Å². The molecule has 1 fully saturated rings. The molecule has 2 aromatic heterocycles. The van der Waals surface area contributed by atoms with Crippen LogP contribution in [-0.4, -0.2) is 38.8 Å². The standard InChI is InChI=1S/C18H20N6O2S/c1-13-11-14(22-8-2-3-9-22)6-7-15(13)19-16(25)12-23-18(26)24(21-20-23)17-5-4-10-27-17/h4-7,10-11H,2-3,8-9,12H2,1H3,(H,19,25). The minimum atomic E-state index is -0.436. The predicted octanol–water partition coefficient (Wildman–Crippen LogP) is 2.04. The van der Waals surface area contributed by atoms with Gasteiger partial charge in [0.15, 0.2) is 0 Å². The largest absolute Gasteiger partial charge is 0.372 e. The average molecular weight is 384 g/mol. The molecule has 0 bridgehead atoms. The number of benzene rings is 1. The molecule has 1 amide bonds. The van der Waals surface area contributed by atoms with E-state index in [1.54, 1.807) is 6.07 Å². The van der Waals surface area contributed by atoms with E-state index in [-0.39, 0.29) is 12.5 Å². The van der Waals surface area contributed by atoms with Crippen molar-refractivity contribution in [2.45, 2.75) is 26.3 Å². The van der Waals surface area contributed by atoms with Crippen LogP contribution < -0.4 is 15.9 Å². The Balaban J connectivity index is 1.45. The Morgan fingerprint density at radius 2 is 2.04 bits per heavy atom. The Bertz CT molecular complexity index is 1000. The molecule has 0 spiro atoms. The van der Waals surface area contributed by atoms with Crippen LogP contribution in [0.4, 0.5) is 11.4 Å². The second-order valence-corrected chi connectivity index (χ2v) is 7.45. The molecule has 1 saturated heterocycles. The first-order valence-corrected chi connectivity index (χ1v) is 9.72. The Morgan fingerprint density at radius 1 is 1.22 bits per heavy atom. The van der Waals surface area contributed by atoms with Gasteiger partial charge in [-0.3, -0.25) is 4.79 Å². The molecule has 9 heteroatoms. The summed E-state index contributed by atoms with van der Waals surface area (Å²) in [6, 6.07) is 9.61. The Hall–Kier alpha value is -2.94. The topological polar surface area (TPSA) is 85.1 Å². The summed E-state index contributed by atoms with van der Waals surface area (Å²) in [7, 11) is 0. The fourth-order valence-electron chi connectivity index (χ4n) is 3.19. The summed E-state index contributed by atoms with van der Waals surface area (Å²) in [6.45, 7) is 3.94. The molecule has 0 aliphatic carbocycles. The second-order valence-electron chi connectivity index (χ2n) is 6.52. The van der Waals surface area contributed by atoms with E-state index in [1.807, 2.05) is 30.5 Å². The van der Waals surface area contributed by atoms with Gasteiger partial charge in [-0.1, -0.05) is 0 Å². The highest BCUT2D eigenvalue weighted by Crippen LogP contribution is 2.25. The van der Waals surface area contributed by atoms with E-state index in [9.17, 15) is 9.59 Å². The van der Waals surface area contributed by atoms with E-state index >= 15 is 0 Å². The maximum atomic E-state index is 12.4. The number of rotatable bonds is 5. The van der Waals surface area contributed by atoms with Crippen LogP contribution in [0.5, 0.6) is 0 Å². The van der Waals surface area contributed by atoms with Crippen molar-refractivity contribution < 1.29 is 4.79 Å². The number of aromatic nitrogens is 4. The maximum absolute atomic E-state index is 12.4. The van der Waals surface area contributed by atoms with Gasteiger partial charge in [0.05, 0.1) is 0 Å². The van der Waals surface area contributed by atoms with Gasteiger partial charge in [-0.2, -0.15) is 9.36 Å². The predicted molar refractivity (Wildman–Crippen MR) is 105 cm³/mol. The summed E-state index contributed by atoms with van der Waals surface area (Å²) in [4.78, 5) is 27.1. The van der Waals surface area contributed by atoms with Crippen molar-refractivity contribution in [2.75, 3.05) is 23.3 Å². The van der Waals surface area contributed by atoms with Gasteiger partial charge in [0, 0.05) is 24.5 Å². The van der Waals surface area contributed by atoms with Gasteiger partial charge in [-0.25, -0.2) is 4.79 Å². The molecule has 1 aliphatic heterocycles. The molecule has 3 aromatic rings. The Morgan fingerprint density at radius 3 is 2.74 bits per heavy atom. The third-order valence-electron chi connectivity index (χ3n) is 4.60. The van der Waals surface area contributed by atoms with Crippen LogP contribution >= 0.6 is 11.3 Å². The summed E-state index contributed by atoms with van der Waals surface area (Å²) in [6.07, 6.45) is 2.44. The van der Waals surface area contributed by atoms with Crippen molar-refractivity contribution >= 4 is 28.6 Å². The number of anilines is 2. The van der Waals surface area contributed by atoms with Gasteiger partial charge in [-0.15, -0.1) is 11.3 Å². The van der Waals surface area contributed by atoms with Gasteiger partial charge in [0.2, 0.25) is 5.91 Å². The van der Waals surface area contributed by atoms with E-state index < -0.39 is 5.69 Å². The number of hydrogen-bond donors (Lipinski definition) is 1. The third-order valence-corrected chi connectivity index (χ3v) is 5.45. The quantitative estimate of drug-likeness (QED) is 0.728. The van der Waals surface area contributed by atoms with Crippen molar-refractivity contribution in [3.05, 3.63) is 51.8 Å². The summed E-state index contributed by atoms with van der Waals surface area (Å²) < 4.78 is 2.25. The number of thiophene rings is 1. The molecule has 0 unspecified atom stereocenters. The van der Waals surface area contributed by atoms with Crippen molar-refractivity contribution in [3.63, 3.8) is 0 Å². The fourth-order valence-corrected chi connectivity index (χ4v) is 3.86. The summed E-state index contributed by atoms with van der Waals surface area (Å²) in [5, 5.41) is 13.0. The zero-order valence-corrected chi connectivity index (χ0v) is 15.8. The summed E-state index contributed by atoms with van der Waals surface area (Å²) in [5.41, 5.74) is 2.47. The lowest BCUT2D eigenvalue weighted by molar-refractivity contribution is -0.117. The number of aryl methyl sites for hydroxylation is 1. The van der Waals surface area contributed by atoms with E-state index in [4.69, 9.17) is 0 Å². The first-order chi connectivity index (χ1) is 13.1. The molecule has 4 rings (SSSR count). The molecule has 0 atom stereocenters. The van der Waals surface area contributed by atoms with Gasteiger partial charge in [-0.05, 0) is 71.5 Å². The number of carbonyl (C=O) groups is 1. The van der Waals surface area contributed by atoms with Crippen LogP contribution in [0.25, 0.3) is 5.00 Å². The van der Waals surface area contributed by atoms with Gasteiger partial charge < -0.3 is 10.2 Å². The molecule has 1 aliphatic rings. The van der Waals surface area contributed by atoms with E-state index in [0.29, 0.717) is 5.00 Å². The number of nitrogens with one attached hydrogen (secondary N) is 1. The molecule has 3 heterocycles. The van der Waals surface area contributed by atoms with Crippen molar-refractivity contribution in [1.29, 1.82) is 0 Å². The molecule has 0 saturated carbocycles. The fraction of sp³-hybridized carbons (Fsp3) is 0.333. The molecular formula is C18H20N6O2S. The van der Waals surface area contributed by atoms with Gasteiger partial charge in [0.1, 0.15) is 11.5 Å². The number of amides is 1. The van der Waals surface area contributed by atoms with Crippen LogP contribution in [0.1, 0.15) is 18.4 Å². The van der Waals surface area contributed by atoms with Crippen LogP contribution in [0, 0.1) is 6.92 Å². The van der Waals surface area contributed by atoms with Crippen molar-refractivity contribution in [3.8, 4) is 5.00 Å². The number of carbonyl (C=O) groups excluding carboxylic acids is 1. The smallest absolute Gasteiger partial charge is 0.369 e. The highest BCUT2D eigenvalue weighted by atomic mass is 32.1. The average Bonchev–Trinajstić information content (AvgIpc) is 3.40. The molecular weight excluding hydrogens is 364 g/mol. The Kier molecular flexibility index (Phi) is 4.76. The molecule has 1 N–H and O–H groups in total. The lowest BCUT2D eigenvalue weighted by Gasteiger charge is -2.19. The van der Waals surface area contributed by atoms with Crippen molar-refractivity contribution in [2.24, 2.45) is 0 Å². The lowest BCUT2D eigenvalue weighted by Crippen LogP contribution is -2.29. The Labute approximate surface area is 160 Å². The molecule has 27 heavy (non-hydrogen) atoms. The SMILES string of the molecule is Cc1cc(N2CCCC2)ccc1NC(=O)Cn1nnn(-c2cccs2)c1=O. The normalized spacial score (nSPS) is 13.9. The van der Waals surface area contributed by atoms with E-state index in [0.717, 1.165) is 29.0 Å². The molecule has 1 aromatic carbocycles. The third kappa shape index (κ3) is 3.63. The highest BCUT2D eigenvalue weighted by molar-refractivity contribution is 7.12.